The zero-order valence-corrected chi connectivity index (χ0v) is 9.65. The summed E-state index contributed by atoms with van der Waals surface area (Å²) in [6, 6.07) is -0.248. The van der Waals surface area contributed by atoms with Gasteiger partial charge in [-0.05, 0) is 13.8 Å². The van der Waals surface area contributed by atoms with Crippen molar-refractivity contribution in [3.63, 3.8) is 0 Å². The standard InChI is InChI=1S/C5H15N3O4S2/c1-5(2)8-14(11,12)7-3-4-13(6,9)10/h5,7-8H,3-4H2,1-2H3,(H2,6,9,10). The van der Waals surface area contributed by atoms with Gasteiger partial charge >= 0.3 is 0 Å². The van der Waals surface area contributed by atoms with E-state index < -0.39 is 26.0 Å². The predicted molar refractivity (Wildman–Crippen MR) is 53.2 cm³/mol. The van der Waals surface area contributed by atoms with Gasteiger partial charge in [0.15, 0.2) is 0 Å². The Labute approximate surface area is 84.3 Å². The number of hydrogen-bond acceptors (Lipinski definition) is 4. The Balaban J connectivity index is 4.02. The first-order valence-electron chi connectivity index (χ1n) is 3.90. The molecule has 0 fully saturated rings. The first kappa shape index (κ1) is 13.8. The molecule has 86 valence electrons. The maximum absolute atomic E-state index is 11.1. The molecule has 0 aromatic rings. The molecule has 0 spiro atoms. The van der Waals surface area contributed by atoms with E-state index in [0.29, 0.717) is 0 Å². The van der Waals surface area contributed by atoms with Crippen molar-refractivity contribution in [2.45, 2.75) is 19.9 Å². The molecule has 0 amide bonds. The van der Waals surface area contributed by atoms with Gasteiger partial charge in [-0.3, -0.25) is 0 Å². The lowest BCUT2D eigenvalue weighted by atomic mass is 10.4. The van der Waals surface area contributed by atoms with Crippen molar-refractivity contribution in [2.75, 3.05) is 12.3 Å². The second kappa shape index (κ2) is 5.03. The van der Waals surface area contributed by atoms with Crippen molar-refractivity contribution < 1.29 is 16.8 Å². The van der Waals surface area contributed by atoms with Gasteiger partial charge < -0.3 is 0 Å². The molecule has 0 unspecified atom stereocenters. The van der Waals surface area contributed by atoms with Crippen molar-refractivity contribution in [1.29, 1.82) is 0 Å². The van der Waals surface area contributed by atoms with Crippen LogP contribution in [0.4, 0.5) is 0 Å². The molecule has 0 aliphatic carbocycles. The van der Waals surface area contributed by atoms with Gasteiger partial charge in [0, 0.05) is 12.6 Å². The number of hydrogen-bond donors (Lipinski definition) is 3. The molecule has 0 rings (SSSR count). The Hall–Kier alpha value is -0.220. The fraction of sp³-hybridized carbons (Fsp3) is 1.00. The molecule has 0 aliphatic rings. The second-order valence-electron chi connectivity index (χ2n) is 3.04. The highest BCUT2D eigenvalue weighted by molar-refractivity contribution is 7.89. The minimum absolute atomic E-state index is 0.235. The van der Waals surface area contributed by atoms with Crippen molar-refractivity contribution in [3.8, 4) is 0 Å². The Bertz CT molecular complexity index is 358. The molecule has 0 saturated heterocycles. The van der Waals surface area contributed by atoms with Crippen molar-refractivity contribution >= 4 is 20.2 Å². The monoisotopic (exact) mass is 245 g/mol. The van der Waals surface area contributed by atoms with Crippen LogP contribution in [0.1, 0.15) is 13.8 Å². The molecule has 7 nitrogen and oxygen atoms in total. The second-order valence-corrected chi connectivity index (χ2v) is 6.30. The fourth-order valence-electron chi connectivity index (χ4n) is 0.670. The van der Waals surface area contributed by atoms with Crippen LogP contribution in [0.15, 0.2) is 0 Å². The fourth-order valence-corrected chi connectivity index (χ4v) is 2.26. The first-order valence-corrected chi connectivity index (χ1v) is 7.09. The highest BCUT2D eigenvalue weighted by Crippen LogP contribution is 1.83. The summed E-state index contributed by atoms with van der Waals surface area (Å²) in [7, 11) is -7.25. The Morgan fingerprint density at radius 2 is 1.71 bits per heavy atom. The van der Waals surface area contributed by atoms with Crippen LogP contribution in [0.25, 0.3) is 0 Å². The van der Waals surface area contributed by atoms with Crippen LogP contribution < -0.4 is 14.6 Å². The molecule has 0 bridgehead atoms. The van der Waals surface area contributed by atoms with E-state index in [1.807, 2.05) is 4.72 Å². The summed E-state index contributed by atoms with van der Waals surface area (Å²) >= 11 is 0. The molecule has 14 heavy (non-hydrogen) atoms. The summed E-state index contributed by atoms with van der Waals surface area (Å²) in [4.78, 5) is 0. The zero-order chi connectivity index (χ0) is 11.4. The molecule has 0 heterocycles. The quantitative estimate of drug-likeness (QED) is 0.507. The molecule has 4 N–H and O–H groups in total. The van der Waals surface area contributed by atoms with Gasteiger partial charge in [-0.25, -0.2) is 18.3 Å². The lowest BCUT2D eigenvalue weighted by Crippen LogP contribution is -2.42. The van der Waals surface area contributed by atoms with Gasteiger partial charge in [-0.15, -0.1) is 0 Å². The van der Waals surface area contributed by atoms with E-state index in [9.17, 15) is 16.8 Å². The third-order valence-electron chi connectivity index (χ3n) is 1.07. The summed E-state index contributed by atoms with van der Waals surface area (Å²) < 4.78 is 47.3. The average molecular weight is 245 g/mol. The summed E-state index contributed by atoms with van der Waals surface area (Å²) in [5.41, 5.74) is 0. The number of sulfonamides is 1. The largest absolute Gasteiger partial charge is 0.277 e. The van der Waals surface area contributed by atoms with E-state index in [4.69, 9.17) is 0 Å². The Morgan fingerprint density at radius 3 is 2.07 bits per heavy atom. The summed E-state index contributed by atoms with van der Waals surface area (Å²) in [5.74, 6) is -0.425. The molecule has 9 heteroatoms. The van der Waals surface area contributed by atoms with E-state index in [2.05, 4.69) is 9.86 Å². The molecule has 0 saturated carbocycles. The molecule has 0 radical (unpaired) electrons. The van der Waals surface area contributed by atoms with Gasteiger partial charge in [0.1, 0.15) is 0 Å². The van der Waals surface area contributed by atoms with E-state index in [1.165, 1.54) is 0 Å². The van der Waals surface area contributed by atoms with E-state index in [-0.39, 0.29) is 12.6 Å². The van der Waals surface area contributed by atoms with E-state index in [0.717, 1.165) is 0 Å². The first-order chi connectivity index (χ1) is 6.12. The summed E-state index contributed by atoms with van der Waals surface area (Å²) in [5, 5.41) is 4.68. The van der Waals surface area contributed by atoms with E-state index >= 15 is 0 Å². The van der Waals surface area contributed by atoms with Crippen LogP contribution >= 0.6 is 0 Å². The number of primary sulfonamides is 1. The SMILES string of the molecule is CC(C)NS(=O)(=O)NCCS(N)(=O)=O. The normalized spacial score (nSPS) is 13.4. The van der Waals surface area contributed by atoms with Crippen LogP contribution in [0, 0.1) is 0 Å². The lowest BCUT2D eigenvalue weighted by molar-refractivity contribution is 0.556. The lowest BCUT2D eigenvalue weighted by Gasteiger charge is -2.09. The van der Waals surface area contributed by atoms with Crippen LogP contribution in [0.2, 0.25) is 0 Å². The topological polar surface area (TPSA) is 118 Å². The zero-order valence-electron chi connectivity index (χ0n) is 8.02. The van der Waals surface area contributed by atoms with Crippen molar-refractivity contribution in [2.24, 2.45) is 5.14 Å². The predicted octanol–water partition coefficient (Wildman–Crippen LogP) is -1.89. The van der Waals surface area contributed by atoms with Crippen molar-refractivity contribution in [1.82, 2.24) is 9.44 Å². The van der Waals surface area contributed by atoms with Gasteiger partial charge in [-0.2, -0.15) is 13.1 Å². The van der Waals surface area contributed by atoms with Gasteiger partial charge in [-0.1, -0.05) is 0 Å². The highest BCUT2D eigenvalue weighted by atomic mass is 32.2. The van der Waals surface area contributed by atoms with Crippen LogP contribution in [-0.4, -0.2) is 35.2 Å². The number of rotatable bonds is 6. The summed E-state index contributed by atoms with van der Waals surface area (Å²) in [6.45, 7) is 3.07. The minimum atomic E-state index is -3.63. The average Bonchev–Trinajstić information content (AvgIpc) is 1.78. The smallest absolute Gasteiger partial charge is 0.229 e. The summed E-state index contributed by atoms with van der Waals surface area (Å²) in [6.07, 6.45) is 0. The Kier molecular flexibility index (Phi) is 4.95. The highest BCUT2D eigenvalue weighted by Gasteiger charge is 2.11. The Morgan fingerprint density at radius 1 is 1.21 bits per heavy atom. The minimum Gasteiger partial charge on any atom is -0.229 e. The number of nitrogens with one attached hydrogen (secondary N) is 2. The molecular formula is C5H15N3O4S2. The third kappa shape index (κ3) is 8.38. The van der Waals surface area contributed by atoms with Gasteiger partial charge in [0.05, 0.1) is 5.75 Å². The molecule has 0 aromatic heterocycles. The van der Waals surface area contributed by atoms with Crippen LogP contribution in [0.5, 0.6) is 0 Å². The maximum atomic E-state index is 11.1. The number of nitrogens with two attached hydrogens (primary N) is 1. The van der Waals surface area contributed by atoms with Gasteiger partial charge in [0.25, 0.3) is 10.2 Å². The van der Waals surface area contributed by atoms with Crippen LogP contribution in [0.3, 0.4) is 0 Å². The van der Waals surface area contributed by atoms with Crippen molar-refractivity contribution in [3.05, 3.63) is 0 Å². The molecule has 0 atom stereocenters. The third-order valence-corrected chi connectivity index (χ3v) is 3.21. The molecular weight excluding hydrogens is 230 g/mol. The maximum Gasteiger partial charge on any atom is 0.277 e. The molecule has 0 aromatic carbocycles. The van der Waals surface area contributed by atoms with E-state index in [1.54, 1.807) is 13.8 Å². The van der Waals surface area contributed by atoms with Crippen LogP contribution in [-0.2, 0) is 20.2 Å². The van der Waals surface area contributed by atoms with Gasteiger partial charge in [0.2, 0.25) is 10.0 Å². The molecule has 0 aliphatic heterocycles.